The van der Waals surface area contributed by atoms with Crippen LogP contribution in [-0.2, 0) is 16.6 Å². The lowest BCUT2D eigenvalue weighted by molar-refractivity contribution is 0.587. The summed E-state index contributed by atoms with van der Waals surface area (Å²) in [5.74, 6) is 0. The third kappa shape index (κ3) is 3.08. The summed E-state index contributed by atoms with van der Waals surface area (Å²) in [6.45, 7) is 5.54. The molecule has 5 nitrogen and oxygen atoms in total. The average molecular weight is 283 g/mol. The Balaban J connectivity index is 2.36. The Morgan fingerprint density at radius 2 is 2.21 bits per heavy atom. The standard InChI is InChI=1S/C13H21N3O2S/c1-3-15-10(2)11-6-7-13-12(9-11)5-4-8-16(13)19(14,17)18/h6-7,9-10,15H,3-5,8H2,1-2H3,(H2,14,17,18). The van der Waals surface area contributed by atoms with E-state index in [1.165, 1.54) is 9.87 Å². The maximum atomic E-state index is 11.6. The van der Waals surface area contributed by atoms with Gasteiger partial charge in [-0.05, 0) is 43.5 Å². The van der Waals surface area contributed by atoms with Crippen molar-refractivity contribution in [3.8, 4) is 0 Å². The van der Waals surface area contributed by atoms with E-state index in [2.05, 4.69) is 25.2 Å². The van der Waals surface area contributed by atoms with E-state index < -0.39 is 10.2 Å². The largest absolute Gasteiger partial charge is 0.310 e. The van der Waals surface area contributed by atoms with E-state index >= 15 is 0 Å². The fraction of sp³-hybridized carbons (Fsp3) is 0.538. The Morgan fingerprint density at radius 1 is 1.47 bits per heavy atom. The first kappa shape index (κ1) is 14.3. The molecule has 1 unspecified atom stereocenters. The second-order valence-electron chi connectivity index (χ2n) is 4.89. The van der Waals surface area contributed by atoms with Gasteiger partial charge in [0.15, 0.2) is 0 Å². The van der Waals surface area contributed by atoms with Crippen molar-refractivity contribution < 1.29 is 8.42 Å². The first-order valence-corrected chi connectivity index (χ1v) is 8.10. The number of nitrogens with two attached hydrogens (primary N) is 1. The molecule has 0 aromatic heterocycles. The molecule has 1 aliphatic heterocycles. The van der Waals surface area contributed by atoms with Crippen molar-refractivity contribution >= 4 is 15.9 Å². The maximum absolute atomic E-state index is 11.6. The number of nitrogens with zero attached hydrogens (tertiary/aromatic N) is 1. The highest BCUT2D eigenvalue weighted by atomic mass is 32.2. The molecule has 0 spiro atoms. The zero-order valence-electron chi connectivity index (χ0n) is 11.4. The van der Waals surface area contributed by atoms with Gasteiger partial charge in [0.1, 0.15) is 0 Å². The molecule has 0 saturated carbocycles. The van der Waals surface area contributed by atoms with Crippen molar-refractivity contribution in [1.29, 1.82) is 0 Å². The summed E-state index contributed by atoms with van der Waals surface area (Å²) < 4.78 is 24.4. The zero-order chi connectivity index (χ0) is 14.0. The lowest BCUT2D eigenvalue weighted by Gasteiger charge is -2.29. The zero-order valence-corrected chi connectivity index (χ0v) is 12.2. The summed E-state index contributed by atoms with van der Waals surface area (Å²) in [4.78, 5) is 0. The molecule has 1 aliphatic rings. The summed E-state index contributed by atoms with van der Waals surface area (Å²) >= 11 is 0. The van der Waals surface area contributed by atoms with Gasteiger partial charge in [-0.3, -0.25) is 4.31 Å². The van der Waals surface area contributed by atoms with Crippen LogP contribution in [0.5, 0.6) is 0 Å². The van der Waals surface area contributed by atoms with Gasteiger partial charge in [-0.15, -0.1) is 0 Å². The molecule has 0 amide bonds. The lowest BCUT2D eigenvalue weighted by Crippen LogP contribution is -2.40. The molecule has 106 valence electrons. The smallest absolute Gasteiger partial charge is 0.299 e. The third-order valence-electron chi connectivity index (χ3n) is 3.50. The van der Waals surface area contributed by atoms with Gasteiger partial charge in [0.05, 0.1) is 5.69 Å². The predicted octanol–water partition coefficient (Wildman–Crippen LogP) is 1.31. The predicted molar refractivity (Wildman–Crippen MR) is 77.3 cm³/mol. The highest BCUT2D eigenvalue weighted by Crippen LogP contribution is 2.30. The van der Waals surface area contributed by atoms with Crippen LogP contribution in [0, 0.1) is 0 Å². The van der Waals surface area contributed by atoms with Crippen LogP contribution in [0.4, 0.5) is 5.69 Å². The number of benzene rings is 1. The second-order valence-corrected chi connectivity index (χ2v) is 6.36. The van der Waals surface area contributed by atoms with Crippen molar-refractivity contribution in [2.24, 2.45) is 5.14 Å². The molecular formula is C13H21N3O2S. The van der Waals surface area contributed by atoms with Crippen LogP contribution in [0.1, 0.15) is 37.4 Å². The van der Waals surface area contributed by atoms with Gasteiger partial charge in [-0.1, -0.05) is 19.1 Å². The molecule has 0 aliphatic carbocycles. The molecular weight excluding hydrogens is 262 g/mol. The number of fused-ring (bicyclic) bond motifs is 1. The molecule has 3 N–H and O–H groups in total. The Kier molecular flexibility index (Phi) is 4.13. The Morgan fingerprint density at radius 3 is 2.84 bits per heavy atom. The minimum Gasteiger partial charge on any atom is -0.310 e. The van der Waals surface area contributed by atoms with E-state index in [-0.39, 0.29) is 6.04 Å². The molecule has 1 atom stereocenters. The van der Waals surface area contributed by atoms with Crippen LogP contribution >= 0.6 is 0 Å². The topological polar surface area (TPSA) is 75.4 Å². The fourth-order valence-electron chi connectivity index (χ4n) is 2.54. The average Bonchev–Trinajstić information content (AvgIpc) is 2.36. The summed E-state index contributed by atoms with van der Waals surface area (Å²) in [5, 5.41) is 8.61. The Bertz CT molecular complexity index is 557. The van der Waals surface area contributed by atoms with Crippen molar-refractivity contribution in [1.82, 2.24) is 5.32 Å². The van der Waals surface area contributed by atoms with Gasteiger partial charge >= 0.3 is 0 Å². The lowest BCUT2D eigenvalue weighted by atomic mass is 9.98. The van der Waals surface area contributed by atoms with E-state index in [4.69, 9.17) is 5.14 Å². The number of nitrogens with one attached hydrogen (secondary N) is 1. The van der Waals surface area contributed by atoms with Crippen LogP contribution in [0.15, 0.2) is 18.2 Å². The molecule has 0 bridgehead atoms. The number of hydrogen-bond donors (Lipinski definition) is 2. The molecule has 19 heavy (non-hydrogen) atoms. The minimum absolute atomic E-state index is 0.264. The maximum Gasteiger partial charge on any atom is 0.299 e. The fourth-order valence-corrected chi connectivity index (χ4v) is 3.38. The van der Waals surface area contributed by atoms with Gasteiger partial charge in [0, 0.05) is 12.6 Å². The number of anilines is 1. The quantitative estimate of drug-likeness (QED) is 0.875. The van der Waals surface area contributed by atoms with Crippen LogP contribution in [-0.4, -0.2) is 21.5 Å². The summed E-state index contributed by atoms with van der Waals surface area (Å²) in [6.07, 6.45) is 1.70. The highest BCUT2D eigenvalue weighted by molar-refractivity contribution is 7.90. The first-order valence-electron chi connectivity index (χ1n) is 6.60. The molecule has 0 fully saturated rings. The van der Waals surface area contributed by atoms with E-state index in [9.17, 15) is 8.42 Å². The molecule has 1 aromatic rings. The molecule has 2 rings (SSSR count). The molecule has 0 radical (unpaired) electrons. The van der Waals surface area contributed by atoms with Crippen molar-refractivity contribution in [2.45, 2.75) is 32.7 Å². The molecule has 1 aromatic carbocycles. The SMILES string of the molecule is CCNC(C)c1ccc2c(c1)CCCN2S(N)(=O)=O. The Hall–Kier alpha value is -1.11. The number of hydrogen-bond acceptors (Lipinski definition) is 3. The van der Waals surface area contributed by atoms with Gasteiger partial charge in [0.2, 0.25) is 0 Å². The van der Waals surface area contributed by atoms with Gasteiger partial charge < -0.3 is 5.32 Å². The minimum atomic E-state index is -3.66. The van der Waals surface area contributed by atoms with E-state index in [0.29, 0.717) is 6.54 Å². The molecule has 1 heterocycles. The first-order chi connectivity index (χ1) is 8.93. The van der Waals surface area contributed by atoms with Crippen LogP contribution in [0.3, 0.4) is 0 Å². The van der Waals surface area contributed by atoms with Gasteiger partial charge in [-0.2, -0.15) is 8.42 Å². The van der Waals surface area contributed by atoms with Gasteiger partial charge in [0.25, 0.3) is 10.2 Å². The van der Waals surface area contributed by atoms with E-state index in [1.807, 2.05) is 12.1 Å². The van der Waals surface area contributed by atoms with Crippen LogP contribution in [0.2, 0.25) is 0 Å². The van der Waals surface area contributed by atoms with Crippen LogP contribution in [0.25, 0.3) is 0 Å². The summed E-state index contributed by atoms with van der Waals surface area (Å²) in [6, 6.07) is 6.18. The number of aryl methyl sites for hydroxylation is 1. The number of rotatable bonds is 4. The van der Waals surface area contributed by atoms with E-state index in [1.54, 1.807) is 0 Å². The van der Waals surface area contributed by atoms with Crippen molar-refractivity contribution in [2.75, 3.05) is 17.4 Å². The normalized spacial score (nSPS) is 17.1. The van der Waals surface area contributed by atoms with Crippen LogP contribution < -0.4 is 14.8 Å². The summed E-state index contributed by atoms with van der Waals surface area (Å²) in [7, 11) is -3.66. The molecule has 0 saturated heterocycles. The highest BCUT2D eigenvalue weighted by Gasteiger charge is 2.24. The van der Waals surface area contributed by atoms with Crippen molar-refractivity contribution in [3.63, 3.8) is 0 Å². The van der Waals surface area contributed by atoms with Gasteiger partial charge in [-0.25, -0.2) is 5.14 Å². The third-order valence-corrected chi connectivity index (χ3v) is 4.49. The molecule has 6 heteroatoms. The van der Waals surface area contributed by atoms with E-state index in [0.717, 1.165) is 30.6 Å². The van der Waals surface area contributed by atoms with Crippen molar-refractivity contribution in [3.05, 3.63) is 29.3 Å². The Labute approximate surface area is 115 Å². The summed E-state index contributed by atoms with van der Waals surface area (Å²) in [5.41, 5.74) is 2.96. The second kappa shape index (κ2) is 5.48. The monoisotopic (exact) mass is 283 g/mol.